The number of fused-ring (bicyclic) bond motifs is 3. The van der Waals surface area contributed by atoms with E-state index in [0.717, 1.165) is 0 Å². The zero-order chi connectivity index (χ0) is 28.3. The molecule has 0 fully saturated rings. The highest BCUT2D eigenvalue weighted by molar-refractivity contribution is 6.09. The average molecular weight is 532 g/mol. The largest absolute Gasteiger partial charge is 0.368 e. The first-order valence-corrected chi connectivity index (χ1v) is 14.6. The van der Waals surface area contributed by atoms with E-state index in [1.165, 1.54) is 60.6 Å². The molecule has 0 aliphatic rings. The molecule has 0 saturated carbocycles. The fraction of sp³-hybridized carbons (Fsp3) is 0.150. The van der Waals surface area contributed by atoms with Crippen molar-refractivity contribution in [2.75, 3.05) is 7.05 Å². The molecule has 6 rings (SSSR count). The maximum Gasteiger partial charge on any atom is 0.0511 e. The van der Waals surface area contributed by atoms with Crippen molar-refractivity contribution in [3.63, 3.8) is 0 Å². The molecule has 0 saturated heterocycles. The van der Waals surface area contributed by atoms with Crippen molar-refractivity contribution in [3.05, 3.63) is 162 Å². The Morgan fingerprint density at radius 2 is 1.17 bits per heavy atom. The van der Waals surface area contributed by atoms with Gasteiger partial charge in [-0.25, -0.2) is 0 Å². The van der Waals surface area contributed by atoms with Gasteiger partial charge in [-0.15, -0.1) is 0 Å². The molecule has 202 valence electrons. The molecule has 0 amide bonds. The van der Waals surface area contributed by atoms with E-state index in [1.54, 1.807) is 0 Å². The molecule has 0 N–H and O–H groups in total. The predicted octanol–water partition coefficient (Wildman–Crippen LogP) is 10.8. The van der Waals surface area contributed by atoms with Crippen LogP contribution in [-0.4, -0.2) is 11.9 Å². The van der Waals surface area contributed by atoms with Crippen LogP contribution in [0.4, 0.5) is 0 Å². The minimum atomic E-state index is 0.203. The third-order valence-electron chi connectivity index (χ3n) is 8.51. The van der Waals surface area contributed by atoms with E-state index in [0.29, 0.717) is 0 Å². The lowest BCUT2D eigenvalue weighted by molar-refractivity contribution is 0.380. The maximum atomic E-state index is 2.45. The summed E-state index contributed by atoms with van der Waals surface area (Å²) in [5.41, 5.74) is 8.92. The van der Waals surface area contributed by atoms with Crippen molar-refractivity contribution in [3.8, 4) is 11.1 Å². The van der Waals surface area contributed by atoms with Gasteiger partial charge < -0.3 is 4.90 Å². The molecule has 6 aromatic carbocycles. The second-order valence-corrected chi connectivity index (χ2v) is 11.2. The van der Waals surface area contributed by atoms with Gasteiger partial charge in [0.05, 0.1) is 6.04 Å². The van der Waals surface area contributed by atoms with E-state index in [2.05, 4.69) is 172 Å². The quantitative estimate of drug-likeness (QED) is 0.185. The summed E-state index contributed by atoms with van der Waals surface area (Å²) >= 11 is 0. The summed E-state index contributed by atoms with van der Waals surface area (Å²) in [6, 6.07) is 48.8. The molecule has 0 radical (unpaired) electrons. The standard InChI is InChI=1S/C40H37N/c1-28-18-20-32(21-19-28)33-24-22-31(23-25-33)30(3)41(4)40(34-12-6-5-7-13-34)26-29(2)39-27-35-14-8-9-15-36(35)37-16-10-11-17-38(37)39/h5-27,29-30H,1-4H3/b40-26-. The zero-order valence-electron chi connectivity index (χ0n) is 24.4. The Morgan fingerprint density at radius 3 is 1.85 bits per heavy atom. The molecular formula is C40H37N. The smallest absolute Gasteiger partial charge is 0.0511 e. The van der Waals surface area contributed by atoms with Crippen molar-refractivity contribution in [2.45, 2.75) is 32.7 Å². The fourth-order valence-electron chi connectivity index (χ4n) is 5.95. The van der Waals surface area contributed by atoms with Gasteiger partial charge in [0.2, 0.25) is 0 Å². The molecular weight excluding hydrogens is 494 g/mol. The number of hydrogen-bond donors (Lipinski definition) is 0. The van der Waals surface area contributed by atoms with Crippen LogP contribution in [0.3, 0.4) is 0 Å². The van der Waals surface area contributed by atoms with Gasteiger partial charge >= 0.3 is 0 Å². The van der Waals surface area contributed by atoms with Crippen LogP contribution in [0.5, 0.6) is 0 Å². The Balaban J connectivity index is 1.38. The molecule has 0 aliphatic heterocycles. The first kappa shape index (κ1) is 26.6. The first-order valence-electron chi connectivity index (χ1n) is 14.6. The van der Waals surface area contributed by atoms with Crippen LogP contribution in [0.2, 0.25) is 0 Å². The van der Waals surface area contributed by atoms with E-state index in [4.69, 9.17) is 0 Å². The summed E-state index contributed by atoms with van der Waals surface area (Å²) in [7, 11) is 2.22. The highest BCUT2D eigenvalue weighted by Crippen LogP contribution is 2.36. The first-order chi connectivity index (χ1) is 20.0. The molecule has 2 unspecified atom stereocenters. The van der Waals surface area contributed by atoms with Crippen molar-refractivity contribution >= 4 is 27.2 Å². The van der Waals surface area contributed by atoms with Crippen molar-refractivity contribution in [1.29, 1.82) is 0 Å². The van der Waals surface area contributed by atoms with E-state index in [9.17, 15) is 0 Å². The molecule has 0 aromatic heterocycles. The van der Waals surface area contributed by atoms with Gasteiger partial charge in [0, 0.05) is 18.7 Å². The van der Waals surface area contributed by atoms with Crippen molar-refractivity contribution in [2.24, 2.45) is 0 Å². The Bertz CT molecular complexity index is 1810. The number of benzene rings is 6. The predicted molar refractivity (Wildman–Crippen MR) is 177 cm³/mol. The summed E-state index contributed by atoms with van der Waals surface area (Å²) in [6.07, 6.45) is 2.45. The van der Waals surface area contributed by atoms with E-state index < -0.39 is 0 Å². The summed E-state index contributed by atoms with van der Waals surface area (Å²) < 4.78 is 0. The average Bonchev–Trinajstić information content (AvgIpc) is 3.03. The number of hydrogen-bond acceptors (Lipinski definition) is 1. The van der Waals surface area contributed by atoms with Crippen LogP contribution in [0.25, 0.3) is 38.4 Å². The molecule has 6 aromatic rings. The molecule has 1 heteroatoms. The van der Waals surface area contributed by atoms with Gasteiger partial charge in [-0.05, 0) is 69.3 Å². The number of nitrogens with zero attached hydrogens (tertiary/aromatic N) is 1. The van der Waals surface area contributed by atoms with Gasteiger partial charge in [-0.2, -0.15) is 0 Å². The van der Waals surface area contributed by atoms with Gasteiger partial charge in [0.15, 0.2) is 0 Å². The third-order valence-corrected chi connectivity index (χ3v) is 8.51. The second-order valence-electron chi connectivity index (χ2n) is 11.2. The highest BCUT2D eigenvalue weighted by Gasteiger charge is 2.19. The normalized spacial score (nSPS) is 13.3. The van der Waals surface area contributed by atoms with Crippen LogP contribution < -0.4 is 0 Å². The van der Waals surface area contributed by atoms with Crippen LogP contribution in [0.1, 0.15) is 48.1 Å². The summed E-state index contributed by atoms with van der Waals surface area (Å²) in [6.45, 7) is 6.76. The molecule has 0 bridgehead atoms. The van der Waals surface area contributed by atoms with Gasteiger partial charge in [0.1, 0.15) is 0 Å². The monoisotopic (exact) mass is 531 g/mol. The number of allylic oxidation sites excluding steroid dienone is 1. The number of rotatable bonds is 7. The van der Waals surface area contributed by atoms with Crippen LogP contribution in [-0.2, 0) is 0 Å². The van der Waals surface area contributed by atoms with Gasteiger partial charge in [-0.1, -0.05) is 146 Å². The van der Waals surface area contributed by atoms with Crippen molar-refractivity contribution < 1.29 is 0 Å². The third kappa shape index (κ3) is 5.41. The molecule has 2 atom stereocenters. The van der Waals surface area contributed by atoms with Gasteiger partial charge in [0.25, 0.3) is 0 Å². The van der Waals surface area contributed by atoms with E-state index in [1.807, 2.05) is 0 Å². The molecule has 0 aliphatic carbocycles. The Hall–Kier alpha value is -4.62. The topological polar surface area (TPSA) is 3.24 Å². The molecule has 0 spiro atoms. The van der Waals surface area contributed by atoms with Crippen LogP contribution >= 0.6 is 0 Å². The van der Waals surface area contributed by atoms with Crippen LogP contribution in [0.15, 0.2) is 140 Å². The van der Waals surface area contributed by atoms with E-state index >= 15 is 0 Å². The fourth-order valence-corrected chi connectivity index (χ4v) is 5.95. The SMILES string of the molecule is Cc1ccc(-c2ccc(C(C)N(C)/C(=C\C(C)c3cc4ccccc4c4ccccc34)c3ccccc3)cc2)cc1. The summed E-state index contributed by atoms with van der Waals surface area (Å²) in [5.74, 6) is 0.221. The lowest BCUT2D eigenvalue weighted by Gasteiger charge is -2.31. The summed E-state index contributed by atoms with van der Waals surface area (Å²) in [5, 5.41) is 5.24. The summed E-state index contributed by atoms with van der Waals surface area (Å²) in [4.78, 5) is 2.43. The highest BCUT2D eigenvalue weighted by atomic mass is 15.1. The molecule has 0 heterocycles. The van der Waals surface area contributed by atoms with Crippen molar-refractivity contribution in [1.82, 2.24) is 4.90 Å². The Labute approximate surface area is 244 Å². The van der Waals surface area contributed by atoms with Gasteiger partial charge in [-0.3, -0.25) is 0 Å². The number of aryl methyl sites for hydroxylation is 1. The minimum absolute atomic E-state index is 0.203. The molecule has 1 nitrogen and oxygen atoms in total. The Morgan fingerprint density at radius 1 is 0.610 bits per heavy atom. The Kier molecular flexibility index (Phi) is 7.44. The van der Waals surface area contributed by atoms with Crippen LogP contribution in [0, 0.1) is 6.92 Å². The lowest BCUT2D eigenvalue weighted by atomic mass is 9.89. The lowest BCUT2D eigenvalue weighted by Crippen LogP contribution is -2.21. The van der Waals surface area contributed by atoms with E-state index in [-0.39, 0.29) is 12.0 Å². The maximum absolute atomic E-state index is 2.45. The zero-order valence-corrected chi connectivity index (χ0v) is 24.4. The molecule has 41 heavy (non-hydrogen) atoms. The minimum Gasteiger partial charge on any atom is -0.368 e. The second kappa shape index (κ2) is 11.5.